The highest BCUT2D eigenvalue weighted by Gasteiger charge is 2.00. The van der Waals surface area contributed by atoms with Crippen LogP contribution < -0.4 is 0 Å². The summed E-state index contributed by atoms with van der Waals surface area (Å²) in [5, 5.41) is 15.4. The number of hydrogen-bond donors (Lipinski definition) is 2. The Morgan fingerprint density at radius 2 is 1.88 bits per heavy atom. The molecule has 0 atom stereocenters. The van der Waals surface area contributed by atoms with Crippen molar-refractivity contribution in [1.82, 2.24) is 0 Å². The maximum Gasteiger partial charge on any atom is 0.373 e. The third kappa shape index (κ3) is 3.10. The van der Waals surface area contributed by atoms with E-state index >= 15 is 0 Å². The molecule has 0 aromatic rings. The molecule has 0 bridgehead atoms. The first-order valence-electron chi connectivity index (χ1n) is 1.41. The third-order valence-electron chi connectivity index (χ3n) is 0.322. The Kier molecular flexibility index (Phi) is 5.09. The largest absolute Gasteiger partial charge is 0.500 e. The molecule has 0 aromatic heterocycles. The Balaban J connectivity index is 0. The topological polar surface area (TPSA) is 89.0 Å². The van der Waals surface area contributed by atoms with Crippen molar-refractivity contribution in [3.8, 4) is 0 Å². The molecule has 0 aromatic carbocycles. The number of aliphatic hydroxyl groups excluding tert-OH is 1. The zero-order valence-electron chi connectivity index (χ0n) is 3.76. The van der Waals surface area contributed by atoms with E-state index in [1.165, 1.54) is 0 Å². The molecule has 48 valence electrons. The van der Waals surface area contributed by atoms with Gasteiger partial charge in [0, 0.05) is 0 Å². The Morgan fingerprint density at radius 1 is 1.50 bits per heavy atom. The predicted molar refractivity (Wildman–Crippen MR) is 23.1 cm³/mol. The normalized spacial score (nSPS) is 9.88. The van der Waals surface area contributed by atoms with Gasteiger partial charge in [-0.05, 0) is 0 Å². The molecule has 0 aliphatic heterocycles. The summed E-state index contributed by atoms with van der Waals surface area (Å²) in [6.07, 6.45) is -0.387. The summed E-state index contributed by atoms with van der Waals surface area (Å²) in [7, 11) is 0. The quantitative estimate of drug-likeness (QED) is 0.368. The molecule has 0 spiro atoms. The average molecular weight is 124 g/mol. The van der Waals surface area contributed by atoms with E-state index in [0.29, 0.717) is 0 Å². The van der Waals surface area contributed by atoms with Crippen LogP contribution in [-0.2, 0) is 4.79 Å². The lowest BCUT2D eigenvalue weighted by Crippen LogP contribution is -1.96. The van der Waals surface area contributed by atoms with Crippen LogP contribution in [0.1, 0.15) is 0 Å². The van der Waals surface area contributed by atoms with Gasteiger partial charge in [0.25, 0.3) is 0 Å². The molecule has 0 aliphatic rings. The first kappa shape index (κ1) is 10.0. The molecule has 4 nitrogen and oxygen atoms in total. The SMILES string of the molecule is O.O=C(O)C(O)=CF. The van der Waals surface area contributed by atoms with E-state index in [-0.39, 0.29) is 11.8 Å². The molecular weight excluding hydrogens is 119 g/mol. The second-order valence-electron chi connectivity index (χ2n) is 0.800. The molecule has 0 saturated carbocycles. The first-order chi connectivity index (χ1) is 3.18. The van der Waals surface area contributed by atoms with E-state index in [0.717, 1.165) is 0 Å². The van der Waals surface area contributed by atoms with Crippen molar-refractivity contribution in [3.05, 3.63) is 12.1 Å². The summed E-state index contributed by atoms with van der Waals surface area (Å²) >= 11 is 0. The van der Waals surface area contributed by atoms with Crippen LogP contribution >= 0.6 is 0 Å². The fourth-order valence-electron chi connectivity index (χ4n) is 0.0467. The summed E-state index contributed by atoms with van der Waals surface area (Å²) in [4.78, 5) is 9.37. The van der Waals surface area contributed by atoms with E-state index in [1.807, 2.05) is 0 Å². The minimum atomic E-state index is -1.66. The number of hydrogen-bond acceptors (Lipinski definition) is 2. The molecule has 0 aliphatic carbocycles. The smallest absolute Gasteiger partial charge is 0.373 e. The van der Waals surface area contributed by atoms with Gasteiger partial charge >= 0.3 is 5.97 Å². The van der Waals surface area contributed by atoms with Gasteiger partial charge in [-0.1, -0.05) is 0 Å². The van der Waals surface area contributed by atoms with Crippen LogP contribution in [0.3, 0.4) is 0 Å². The predicted octanol–water partition coefficient (Wildman–Crippen LogP) is -0.385. The van der Waals surface area contributed by atoms with Crippen LogP contribution in [-0.4, -0.2) is 21.7 Å². The van der Waals surface area contributed by atoms with Crippen LogP contribution in [0.5, 0.6) is 0 Å². The third-order valence-corrected chi connectivity index (χ3v) is 0.322. The zero-order chi connectivity index (χ0) is 5.86. The summed E-state index contributed by atoms with van der Waals surface area (Å²) in [5.41, 5.74) is 0. The number of carboxylic acid groups (broad SMARTS) is 1. The van der Waals surface area contributed by atoms with Gasteiger partial charge in [-0.3, -0.25) is 0 Å². The lowest BCUT2D eigenvalue weighted by Gasteiger charge is -1.81. The van der Waals surface area contributed by atoms with Crippen molar-refractivity contribution in [2.45, 2.75) is 0 Å². The number of carboxylic acids is 1. The Morgan fingerprint density at radius 3 is 1.88 bits per heavy atom. The number of aliphatic hydroxyl groups is 1. The molecule has 0 rings (SSSR count). The Labute approximate surface area is 44.2 Å². The van der Waals surface area contributed by atoms with Crippen LogP contribution in [0.2, 0.25) is 0 Å². The van der Waals surface area contributed by atoms with E-state index in [1.54, 1.807) is 0 Å². The second-order valence-corrected chi connectivity index (χ2v) is 0.800. The van der Waals surface area contributed by atoms with Gasteiger partial charge in [-0.2, -0.15) is 0 Å². The molecular formula is C3H5FO4. The minimum absolute atomic E-state index is 0. The first-order valence-corrected chi connectivity index (χ1v) is 1.41. The van der Waals surface area contributed by atoms with Gasteiger partial charge in [0.15, 0.2) is 0 Å². The highest BCUT2D eigenvalue weighted by atomic mass is 19.1. The van der Waals surface area contributed by atoms with E-state index in [4.69, 9.17) is 10.2 Å². The van der Waals surface area contributed by atoms with Crippen LogP contribution in [0.15, 0.2) is 12.1 Å². The maximum atomic E-state index is 10.8. The van der Waals surface area contributed by atoms with Crippen molar-refractivity contribution >= 4 is 5.97 Å². The Bertz CT molecular complexity index is 108. The molecule has 8 heavy (non-hydrogen) atoms. The maximum absolute atomic E-state index is 10.8. The van der Waals surface area contributed by atoms with Gasteiger partial charge in [0.2, 0.25) is 5.76 Å². The lowest BCUT2D eigenvalue weighted by atomic mass is 10.6. The summed E-state index contributed by atoms with van der Waals surface area (Å²) in [5.74, 6) is -2.94. The zero-order valence-corrected chi connectivity index (χ0v) is 3.76. The van der Waals surface area contributed by atoms with Crippen molar-refractivity contribution in [3.63, 3.8) is 0 Å². The number of rotatable bonds is 1. The van der Waals surface area contributed by atoms with Gasteiger partial charge in [-0.25, -0.2) is 9.18 Å². The van der Waals surface area contributed by atoms with Gasteiger partial charge in [0.1, 0.15) is 6.33 Å². The van der Waals surface area contributed by atoms with Gasteiger partial charge in [0.05, 0.1) is 0 Å². The fourth-order valence-corrected chi connectivity index (χ4v) is 0.0467. The second kappa shape index (κ2) is 4.07. The molecule has 0 amide bonds. The van der Waals surface area contributed by atoms with Gasteiger partial charge < -0.3 is 15.7 Å². The highest BCUT2D eigenvalue weighted by molar-refractivity contribution is 5.83. The monoisotopic (exact) mass is 124 g/mol. The summed E-state index contributed by atoms with van der Waals surface area (Å²) in [6, 6.07) is 0. The number of carbonyl (C=O) groups is 1. The van der Waals surface area contributed by atoms with Gasteiger partial charge in [-0.15, -0.1) is 0 Å². The van der Waals surface area contributed by atoms with Crippen LogP contribution in [0.25, 0.3) is 0 Å². The molecule has 5 heteroatoms. The number of halogens is 1. The molecule has 4 N–H and O–H groups in total. The Hall–Kier alpha value is -1.10. The van der Waals surface area contributed by atoms with Crippen LogP contribution in [0, 0.1) is 0 Å². The minimum Gasteiger partial charge on any atom is -0.500 e. The molecule has 0 radical (unpaired) electrons. The molecule has 0 saturated heterocycles. The van der Waals surface area contributed by atoms with E-state index < -0.39 is 11.7 Å². The lowest BCUT2D eigenvalue weighted by molar-refractivity contribution is -0.135. The van der Waals surface area contributed by atoms with Crippen molar-refractivity contribution < 1.29 is 24.9 Å². The van der Waals surface area contributed by atoms with Crippen molar-refractivity contribution in [2.75, 3.05) is 0 Å². The van der Waals surface area contributed by atoms with Crippen molar-refractivity contribution in [1.29, 1.82) is 0 Å². The van der Waals surface area contributed by atoms with Crippen LogP contribution in [0.4, 0.5) is 4.39 Å². The van der Waals surface area contributed by atoms with E-state index in [2.05, 4.69) is 0 Å². The molecule has 0 unspecified atom stereocenters. The number of aliphatic carboxylic acids is 1. The van der Waals surface area contributed by atoms with Crippen molar-refractivity contribution in [2.24, 2.45) is 0 Å². The average Bonchev–Trinajstić information content (AvgIpc) is 1.65. The summed E-state index contributed by atoms with van der Waals surface area (Å²) < 4.78 is 10.8. The fraction of sp³-hybridized carbons (Fsp3) is 0. The summed E-state index contributed by atoms with van der Waals surface area (Å²) in [6.45, 7) is 0. The molecule has 0 heterocycles. The highest BCUT2D eigenvalue weighted by Crippen LogP contribution is 1.85. The van der Waals surface area contributed by atoms with E-state index in [9.17, 15) is 9.18 Å². The molecule has 0 fully saturated rings. The standard InChI is InChI=1S/C3H3FO3.H2O/c4-1-2(5)3(6)7;/h1,5H,(H,6,7);1H2.